The smallest absolute Gasteiger partial charge is 0.200 e. The van der Waals surface area contributed by atoms with Gasteiger partial charge in [0, 0.05) is 18.9 Å². The maximum Gasteiger partial charge on any atom is 0.200 e. The molecule has 0 radical (unpaired) electrons. The van der Waals surface area contributed by atoms with Gasteiger partial charge in [0.2, 0.25) is 0 Å². The van der Waals surface area contributed by atoms with Gasteiger partial charge in [0.05, 0.1) is 6.61 Å². The lowest BCUT2D eigenvalue weighted by Gasteiger charge is -2.16. The zero-order valence-electron chi connectivity index (χ0n) is 9.12. The number of rotatable bonds is 6. The summed E-state index contributed by atoms with van der Waals surface area (Å²) in [4.78, 5) is 0. The summed E-state index contributed by atoms with van der Waals surface area (Å²) in [5.74, 6) is 0.434. The highest BCUT2D eigenvalue weighted by Gasteiger charge is 2.16. The summed E-state index contributed by atoms with van der Waals surface area (Å²) < 4.78 is 17.1. The molecule has 0 aliphatic carbocycles. The molecule has 80 valence electrons. The highest BCUT2D eigenvalue weighted by atomic mass is 31.2. The molecule has 4 heteroatoms. The summed E-state index contributed by atoms with van der Waals surface area (Å²) in [6.07, 6.45) is 1.36. The van der Waals surface area contributed by atoms with Crippen LogP contribution in [0.4, 0.5) is 0 Å². The lowest BCUT2D eigenvalue weighted by atomic mass is 10.2. The third-order valence-electron chi connectivity index (χ3n) is 1.67. The quantitative estimate of drug-likeness (QED) is 0.680. The summed E-state index contributed by atoms with van der Waals surface area (Å²) >= 11 is 0. The van der Waals surface area contributed by atoms with Gasteiger partial charge in [0.25, 0.3) is 0 Å². The van der Waals surface area contributed by atoms with Crippen LogP contribution < -0.4 is 5.73 Å². The molecule has 1 unspecified atom stereocenters. The molecule has 0 heterocycles. The second-order valence-electron chi connectivity index (χ2n) is 4.19. The standard InChI is InChI=1S/C9H22NO2P/c1-8(2)7-12-13(4,11)6-5-9(3)10/h8-9H,5-7,10H2,1-4H3/t9-,13?/m1/s1. The molecule has 0 spiro atoms. The van der Waals surface area contributed by atoms with Crippen LogP contribution in [-0.2, 0) is 9.09 Å². The van der Waals surface area contributed by atoms with Crippen molar-refractivity contribution >= 4 is 7.37 Å². The van der Waals surface area contributed by atoms with E-state index < -0.39 is 7.37 Å². The predicted molar refractivity (Wildman–Crippen MR) is 57.5 cm³/mol. The van der Waals surface area contributed by atoms with Crippen LogP contribution in [0.15, 0.2) is 0 Å². The molecule has 0 rings (SSSR count). The van der Waals surface area contributed by atoms with Gasteiger partial charge in [0.1, 0.15) is 0 Å². The molecule has 0 fully saturated rings. The van der Waals surface area contributed by atoms with E-state index in [2.05, 4.69) is 0 Å². The molecule has 0 saturated carbocycles. The third kappa shape index (κ3) is 8.48. The molecule has 0 saturated heterocycles. The van der Waals surface area contributed by atoms with E-state index in [1.54, 1.807) is 6.66 Å². The summed E-state index contributed by atoms with van der Waals surface area (Å²) in [7, 11) is -2.38. The van der Waals surface area contributed by atoms with E-state index in [4.69, 9.17) is 10.3 Å². The minimum absolute atomic E-state index is 0.107. The molecular weight excluding hydrogens is 185 g/mol. The monoisotopic (exact) mass is 207 g/mol. The average Bonchev–Trinajstić information content (AvgIpc) is 1.98. The van der Waals surface area contributed by atoms with Gasteiger partial charge >= 0.3 is 0 Å². The van der Waals surface area contributed by atoms with Gasteiger partial charge in [-0.2, -0.15) is 0 Å². The van der Waals surface area contributed by atoms with Crippen molar-refractivity contribution in [2.75, 3.05) is 19.4 Å². The van der Waals surface area contributed by atoms with E-state index in [0.717, 1.165) is 6.42 Å². The van der Waals surface area contributed by atoms with Crippen molar-refractivity contribution in [3.63, 3.8) is 0 Å². The van der Waals surface area contributed by atoms with Crippen LogP contribution >= 0.6 is 7.37 Å². The molecule has 0 aliphatic rings. The number of nitrogens with two attached hydrogens (primary N) is 1. The van der Waals surface area contributed by atoms with Crippen molar-refractivity contribution in [1.82, 2.24) is 0 Å². The zero-order valence-corrected chi connectivity index (χ0v) is 10.0. The van der Waals surface area contributed by atoms with E-state index in [1.165, 1.54) is 0 Å². The molecule has 0 aliphatic heterocycles. The van der Waals surface area contributed by atoms with Gasteiger partial charge in [-0.3, -0.25) is 4.57 Å². The summed E-state index contributed by atoms with van der Waals surface area (Å²) in [5.41, 5.74) is 5.58. The first-order valence-electron chi connectivity index (χ1n) is 4.80. The second kappa shape index (κ2) is 5.79. The summed E-state index contributed by atoms with van der Waals surface area (Å²) in [6.45, 7) is 8.28. The first-order valence-corrected chi connectivity index (χ1v) is 7.06. The molecule has 13 heavy (non-hydrogen) atoms. The third-order valence-corrected chi connectivity index (χ3v) is 3.44. The molecular formula is C9H22NO2P. The molecule has 0 amide bonds. The van der Waals surface area contributed by atoms with Crippen molar-refractivity contribution in [2.24, 2.45) is 11.7 Å². The average molecular weight is 207 g/mol. The zero-order chi connectivity index (χ0) is 10.5. The Balaban J connectivity index is 3.74. The van der Waals surface area contributed by atoms with Crippen molar-refractivity contribution < 1.29 is 9.09 Å². The van der Waals surface area contributed by atoms with Gasteiger partial charge < -0.3 is 10.3 Å². The van der Waals surface area contributed by atoms with E-state index in [9.17, 15) is 4.57 Å². The Morgan fingerprint density at radius 1 is 1.38 bits per heavy atom. The minimum atomic E-state index is -2.38. The van der Waals surface area contributed by atoms with Gasteiger partial charge in [-0.05, 0) is 19.3 Å². The van der Waals surface area contributed by atoms with E-state index in [0.29, 0.717) is 18.7 Å². The maximum absolute atomic E-state index is 11.7. The van der Waals surface area contributed by atoms with Gasteiger partial charge in [-0.25, -0.2) is 0 Å². The van der Waals surface area contributed by atoms with Crippen LogP contribution in [-0.4, -0.2) is 25.5 Å². The molecule has 0 aromatic rings. The van der Waals surface area contributed by atoms with E-state index in [1.807, 2.05) is 20.8 Å². The van der Waals surface area contributed by atoms with Crippen molar-refractivity contribution in [3.8, 4) is 0 Å². The Labute approximate surface area is 81.5 Å². The second-order valence-corrected chi connectivity index (χ2v) is 6.93. The fraction of sp³-hybridized carbons (Fsp3) is 1.00. The van der Waals surface area contributed by atoms with Crippen LogP contribution in [0.1, 0.15) is 27.2 Å². The Kier molecular flexibility index (Phi) is 5.86. The van der Waals surface area contributed by atoms with Crippen molar-refractivity contribution in [1.29, 1.82) is 0 Å². The largest absolute Gasteiger partial charge is 0.328 e. The number of hydrogen-bond acceptors (Lipinski definition) is 3. The molecule has 0 bridgehead atoms. The van der Waals surface area contributed by atoms with Crippen LogP contribution in [0.2, 0.25) is 0 Å². The van der Waals surface area contributed by atoms with E-state index >= 15 is 0 Å². The lowest BCUT2D eigenvalue weighted by Crippen LogP contribution is -2.16. The molecule has 2 N–H and O–H groups in total. The predicted octanol–water partition coefficient (Wildman–Crippen LogP) is 2.30. The fourth-order valence-corrected chi connectivity index (χ4v) is 2.43. The van der Waals surface area contributed by atoms with Crippen molar-refractivity contribution in [3.05, 3.63) is 0 Å². The molecule has 3 nitrogen and oxygen atoms in total. The van der Waals surface area contributed by atoms with E-state index in [-0.39, 0.29) is 6.04 Å². The summed E-state index contributed by atoms with van der Waals surface area (Å²) in [6, 6.07) is 0.107. The minimum Gasteiger partial charge on any atom is -0.328 e. The fourth-order valence-electron chi connectivity index (χ4n) is 0.809. The van der Waals surface area contributed by atoms with Gasteiger partial charge in [-0.15, -0.1) is 0 Å². The normalized spacial score (nSPS) is 18.6. The van der Waals surface area contributed by atoms with Crippen LogP contribution in [0.25, 0.3) is 0 Å². The molecule has 2 atom stereocenters. The first kappa shape index (κ1) is 13.2. The van der Waals surface area contributed by atoms with Gasteiger partial charge in [0.15, 0.2) is 7.37 Å². The molecule has 0 aromatic carbocycles. The van der Waals surface area contributed by atoms with Crippen LogP contribution in [0.5, 0.6) is 0 Å². The molecule has 0 aromatic heterocycles. The Morgan fingerprint density at radius 2 is 1.92 bits per heavy atom. The Hall–Kier alpha value is 0.150. The van der Waals surface area contributed by atoms with Crippen LogP contribution in [0, 0.1) is 5.92 Å². The number of hydrogen-bond donors (Lipinski definition) is 1. The van der Waals surface area contributed by atoms with Crippen molar-refractivity contribution in [2.45, 2.75) is 33.2 Å². The van der Waals surface area contributed by atoms with Crippen LogP contribution in [0.3, 0.4) is 0 Å². The highest BCUT2D eigenvalue weighted by Crippen LogP contribution is 2.43. The highest BCUT2D eigenvalue weighted by molar-refractivity contribution is 7.58. The SMILES string of the molecule is CC(C)COP(C)(=O)CC[C@@H](C)N. The Bertz CT molecular complexity index is 164. The van der Waals surface area contributed by atoms with Gasteiger partial charge in [-0.1, -0.05) is 13.8 Å². The maximum atomic E-state index is 11.7. The lowest BCUT2D eigenvalue weighted by molar-refractivity contribution is 0.272. The Morgan fingerprint density at radius 3 is 2.31 bits per heavy atom. The summed E-state index contributed by atoms with van der Waals surface area (Å²) in [5, 5.41) is 0. The first-order chi connectivity index (χ1) is 5.83. The topological polar surface area (TPSA) is 52.3 Å².